The molecule has 1 aliphatic rings. The summed E-state index contributed by atoms with van der Waals surface area (Å²) >= 11 is 5.10. The Morgan fingerprint density at radius 2 is 2.17 bits per heavy atom. The zero-order valence-electron chi connectivity index (χ0n) is 9.77. The third-order valence-electron chi connectivity index (χ3n) is 3.10. The molecule has 5 nitrogen and oxygen atoms in total. The summed E-state index contributed by atoms with van der Waals surface area (Å²) in [6.45, 7) is 1.87. The number of aromatic nitrogens is 3. The molecule has 1 aliphatic heterocycles. The van der Waals surface area contributed by atoms with Crippen molar-refractivity contribution in [2.24, 2.45) is 5.73 Å². The maximum atomic E-state index is 5.90. The minimum atomic E-state index is 0.327. The Morgan fingerprint density at radius 3 is 2.83 bits per heavy atom. The van der Waals surface area contributed by atoms with Gasteiger partial charge in [-0.15, -0.1) is 16.4 Å². The molecular weight excluding hydrogens is 314 g/mol. The smallest absolute Gasteiger partial charge is 0.245 e. The van der Waals surface area contributed by atoms with Crippen molar-refractivity contribution in [2.45, 2.75) is 18.9 Å². The second kappa shape index (κ2) is 4.99. The van der Waals surface area contributed by atoms with E-state index in [-0.39, 0.29) is 0 Å². The predicted molar refractivity (Wildman–Crippen MR) is 76.8 cm³/mol. The van der Waals surface area contributed by atoms with Gasteiger partial charge >= 0.3 is 0 Å². The fraction of sp³-hybridized carbons (Fsp3) is 0.455. The number of nitrogens with one attached hydrogen (secondary N) is 1. The Bertz CT molecular complexity index is 529. The van der Waals surface area contributed by atoms with E-state index in [4.69, 9.17) is 5.73 Å². The second-order valence-corrected chi connectivity index (χ2v) is 6.88. The fourth-order valence-electron chi connectivity index (χ4n) is 2.05. The molecule has 0 spiro atoms. The van der Waals surface area contributed by atoms with E-state index in [2.05, 4.69) is 36.0 Å². The number of aromatic amines is 1. The van der Waals surface area contributed by atoms with Crippen molar-refractivity contribution in [3.8, 4) is 10.7 Å². The molecule has 2 aromatic rings. The lowest BCUT2D eigenvalue weighted by Crippen LogP contribution is -2.40. The summed E-state index contributed by atoms with van der Waals surface area (Å²) in [4.78, 5) is 7.83. The number of nitrogens with zero attached hydrogens (tertiary/aromatic N) is 3. The number of hydrogen-bond donors (Lipinski definition) is 2. The molecule has 0 bridgehead atoms. The van der Waals surface area contributed by atoms with Crippen LogP contribution in [0.25, 0.3) is 10.7 Å². The number of piperidine rings is 1. The van der Waals surface area contributed by atoms with Crippen LogP contribution in [0.15, 0.2) is 15.9 Å². The van der Waals surface area contributed by atoms with Crippen LogP contribution in [0, 0.1) is 0 Å². The number of hydrogen-bond acceptors (Lipinski definition) is 5. The molecule has 0 unspecified atom stereocenters. The van der Waals surface area contributed by atoms with Crippen molar-refractivity contribution in [3.05, 3.63) is 15.9 Å². The van der Waals surface area contributed by atoms with E-state index in [1.54, 1.807) is 11.3 Å². The molecule has 0 aromatic carbocycles. The standard InChI is InChI=1S/C11H14BrN5S/c12-9-2-1-8(18-9)10-14-11(16-15-10)17-5-3-7(13)4-6-17/h1-2,7H,3-6,13H2,(H,14,15,16). The van der Waals surface area contributed by atoms with Crippen molar-refractivity contribution in [3.63, 3.8) is 0 Å². The zero-order valence-corrected chi connectivity index (χ0v) is 12.2. The number of thiophene rings is 1. The third-order valence-corrected chi connectivity index (χ3v) is 4.73. The number of nitrogens with two attached hydrogens (primary N) is 1. The molecule has 0 amide bonds. The van der Waals surface area contributed by atoms with Gasteiger partial charge in [-0.3, -0.25) is 5.10 Å². The van der Waals surface area contributed by atoms with Crippen LogP contribution in [-0.4, -0.2) is 34.3 Å². The Balaban J connectivity index is 1.77. The summed E-state index contributed by atoms with van der Waals surface area (Å²) in [7, 11) is 0. The van der Waals surface area contributed by atoms with Crippen LogP contribution in [0.5, 0.6) is 0 Å². The topological polar surface area (TPSA) is 70.8 Å². The lowest BCUT2D eigenvalue weighted by Gasteiger charge is -2.28. The summed E-state index contributed by atoms with van der Waals surface area (Å²) in [5.41, 5.74) is 5.90. The van der Waals surface area contributed by atoms with Gasteiger partial charge in [0, 0.05) is 19.1 Å². The Morgan fingerprint density at radius 1 is 1.39 bits per heavy atom. The maximum absolute atomic E-state index is 5.90. The molecular formula is C11H14BrN5S. The number of H-pyrrole nitrogens is 1. The van der Waals surface area contributed by atoms with Crippen LogP contribution in [0.2, 0.25) is 0 Å². The van der Waals surface area contributed by atoms with Gasteiger partial charge in [0.05, 0.1) is 8.66 Å². The SMILES string of the molecule is NC1CCN(c2n[nH]c(-c3ccc(Br)s3)n2)CC1. The van der Waals surface area contributed by atoms with Crippen molar-refractivity contribution in [2.75, 3.05) is 18.0 Å². The lowest BCUT2D eigenvalue weighted by atomic mass is 10.1. The highest BCUT2D eigenvalue weighted by Crippen LogP contribution is 2.29. The molecule has 2 aromatic heterocycles. The van der Waals surface area contributed by atoms with Crippen molar-refractivity contribution in [1.29, 1.82) is 0 Å². The third kappa shape index (κ3) is 2.43. The van der Waals surface area contributed by atoms with E-state index >= 15 is 0 Å². The molecule has 3 N–H and O–H groups in total. The minimum Gasteiger partial charge on any atom is -0.339 e. The van der Waals surface area contributed by atoms with Gasteiger partial charge in [-0.25, -0.2) is 0 Å². The van der Waals surface area contributed by atoms with Crippen molar-refractivity contribution >= 4 is 33.2 Å². The predicted octanol–water partition coefficient (Wildman–Crippen LogP) is 2.22. The maximum Gasteiger partial charge on any atom is 0.245 e. The molecule has 0 saturated carbocycles. The van der Waals surface area contributed by atoms with E-state index < -0.39 is 0 Å². The quantitative estimate of drug-likeness (QED) is 0.887. The average Bonchev–Trinajstić information content (AvgIpc) is 2.98. The molecule has 7 heteroatoms. The second-order valence-electron chi connectivity index (χ2n) is 4.41. The van der Waals surface area contributed by atoms with Crippen LogP contribution in [0.3, 0.4) is 0 Å². The fourth-order valence-corrected chi connectivity index (χ4v) is 3.37. The van der Waals surface area contributed by atoms with Crippen LogP contribution in [0.1, 0.15) is 12.8 Å². The van der Waals surface area contributed by atoms with Gasteiger partial charge in [-0.2, -0.15) is 4.98 Å². The summed E-state index contributed by atoms with van der Waals surface area (Å²) in [6.07, 6.45) is 2.02. The van der Waals surface area contributed by atoms with Gasteiger partial charge in [0.1, 0.15) is 0 Å². The first-order valence-electron chi connectivity index (χ1n) is 5.91. The Kier molecular flexibility index (Phi) is 3.36. The average molecular weight is 328 g/mol. The molecule has 96 valence electrons. The lowest BCUT2D eigenvalue weighted by molar-refractivity contribution is 0.496. The Hall–Kier alpha value is -0.920. The summed E-state index contributed by atoms with van der Waals surface area (Å²) in [5, 5.41) is 7.29. The van der Waals surface area contributed by atoms with Crippen LogP contribution in [0.4, 0.5) is 5.95 Å². The normalized spacial score (nSPS) is 17.3. The molecule has 0 aliphatic carbocycles. The van der Waals surface area contributed by atoms with E-state index in [1.807, 2.05) is 12.1 Å². The van der Waals surface area contributed by atoms with Crippen molar-refractivity contribution in [1.82, 2.24) is 15.2 Å². The van der Waals surface area contributed by atoms with Gasteiger partial charge in [0.25, 0.3) is 0 Å². The number of anilines is 1. The number of halogens is 1. The van der Waals surface area contributed by atoms with Crippen LogP contribution < -0.4 is 10.6 Å². The zero-order chi connectivity index (χ0) is 12.5. The highest BCUT2D eigenvalue weighted by Gasteiger charge is 2.19. The monoisotopic (exact) mass is 327 g/mol. The molecule has 18 heavy (non-hydrogen) atoms. The first-order valence-corrected chi connectivity index (χ1v) is 7.52. The first-order chi connectivity index (χ1) is 8.72. The van der Waals surface area contributed by atoms with Gasteiger partial charge < -0.3 is 10.6 Å². The largest absolute Gasteiger partial charge is 0.339 e. The van der Waals surface area contributed by atoms with Crippen LogP contribution in [-0.2, 0) is 0 Å². The summed E-state index contributed by atoms with van der Waals surface area (Å²) in [6, 6.07) is 4.38. The van der Waals surface area contributed by atoms with E-state index in [9.17, 15) is 0 Å². The molecule has 1 saturated heterocycles. The summed E-state index contributed by atoms with van der Waals surface area (Å²) < 4.78 is 1.10. The minimum absolute atomic E-state index is 0.327. The first kappa shape index (κ1) is 12.1. The van der Waals surface area contributed by atoms with Gasteiger partial charge in [0.2, 0.25) is 5.95 Å². The summed E-state index contributed by atoms with van der Waals surface area (Å²) in [5.74, 6) is 1.61. The molecule has 0 radical (unpaired) electrons. The van der Waals surface area contributed by atoms with E-state index in [0.29, 0.717) is 6.04 Å². The molecule has 0 atom stereocenters. The van der Waals surface area contributed by atoms with Gasteiger partial charge in [-0.05, 0) is 40.9 Å². The van der Waals surface area contributed by atoms with Crippen molar-refractivity contribution < 1.29 is 0 Å². The number of rotatable bonds is 2. The van der Waals surface area contributed by atoms with Gasteiger partial charge in [0.15, 0.2) is 5.82 Å². The molecule has 1 fully saturated rings. The van der Waals surface area contributed by atoms with Gasteiger partial charge in [-0.1, -0.05) is 0 Å². The van der Waals surface area contributed by atoms with E-state index in [1.165, 1.54) is 0 Å². The highest BCUT2D eigenvalue weighted by molar-refractivity contribution is 9.11. The highest BCUT2D eigenvalue weighted by atomic mass is 79.9. The molecule has 3 heterocycles. The van der Waals surface area contributed by atoms with E-state index in [0.717, 1.165) is 46.4 Å². The van der Waals surface area contributed by atoms with Crippen LogP contribution >= 0.6 is 27.3 Å². The molecule has 3 rings (SSSR count). The Labute approximate surface area is 118 Å².